The zero-order valence-corrected chi connectivity index (χ0v) is 10.8. The molecule has 0 aliphatic rings. The van der Waals surface area contributed by atoms with Crippen molar-refractivity contribution in [1.82, 2.24) is 0 Å². The van der Waals surface area contributed by atoms with Gasteiger partial charge in [-0.1, -0.05) is 0 Å². The SMILES string of the molecule is O=C(Cl)c1c(Br)ccc(C(F)(F)F)c1Br. The third-order valence-corrected chi connectivity index (χ3v) is 3.27. The third kappa shape index (κ3) is 2.73. The fraction of sp³-hybridized carbons (Fsp3) is 0.125. The molecule has 1 rings (SSSR count). The molecule has 7 heteroatoms. The molecule has 0 amide bonds. The number of hydrogen-bond donors (Lipinski definition) is 0. The molecule has 82 valence electrons. The Morgan fingerprint density at radius 3 is 2.20 bits per heavy atom. The molecule has 0 fully saturated rings. The molecule has 0 N–H and O–H groups in total. The van der Waals surface area contributed by atoms with Crippen molar-refractivity contribution in [2.45, 2.75) is 6.18 Å². The lowest BCUT2D eigenvalue weighted by atomic mass is 10.1. The lowest BCUT2D eigenvalue weighted by Gasteiger charge is -2.11. The first-order valence-corrected chi connectivity index (χ1v) is 5.46. The van der Waals surface area contributed by atoms with Crippen molar-refractivity contribution in [3.05, 3.63) is 32.2 Å². The molecule has 0 bridgehead atoms. The number of hydrogen-bond acceptors (Lipinski definition) is 1. The quantitative estimate of drug-likeness (QED) is 0.664. The van der Waals surface area contributed by atoms with Gasteiger partial charge in [0, 0.05) is 8.95 Å². The molecule has 15 heavy (non-hydrogen) atoms. The Morgan fingerprint density at radius 1 is 1.27 bits per heavy atom. The summed E-state index contributed by atoms with van der Waals surface area (Å²) in [6.07, 6.45) is -4.53. The van der Waals surface area contributed by atoms with Crippen LogP contribution in [0.1, 0.15) is 15.9 Å². The average molecular weight is 366 g/mol. The number of rotatable bonds is 1. The number of benzene rings is 1. The topological polar surface area (TPSA) is 17.1 Å². The largest absolute Gasteiger partial charge is 0.417 e. The van der Waals surface area contributed by atoms with Gasteiger partial charge in [-0.05, 0) is 55.6 Å². The summed E-state index contributed by atoms with van der Waals surface area (Å²) in [5.41, 5.74) is -1.17. The van der Waals surface area contributed by atoms with Gasteiger partial charge < -0.3 is 0 Å². The van der Waals surface area contributed by atoms with Crippen LogP contribution in [-0.2, 0) is 6.18 Å². The number of halogens is 6. The second-order valence-corrected chi connectivity index (χ2v) is 4.55. The van der Waals surface area contributed by atoms with Gasteiger partial charge in [0.05, 0.1) is 11.1 Å². The molecule has 0 spiro atoms. The van der Waals surface area contributed by atoms with Gasteiger partial charge in [-0.25, -0.2) is 0 Å². The van der Waals surface area contributed by atoms with Crippen molar-refractivity contribution >= 4 is 48.7 Å². The van der Waals surface area contributed by atoms with E-state index in [9.17, 15) is 18.0 Å². The van der Waals surface area contributed by atoms with E-state index in [0.29, 0.717) is 0 Å². The van der Waals surface area contributed by atoms with Crippen molar-refractivity contribution in [2.75, 3.05) is 0 Å². The third-order valence-electron chi connectivity index (χ3n) is 1.59. The Hall–Kier alpha value is -0.0700. The number of alkyl halides is 3. The molecule has 0 saturated carbocycles. The summed E-state index contributed by atoms with van der Waals surface area (Å²) in [6.45, 7) is 0. The van der Waals surface area contributed by atoms with Crippen LogP contribution in [-0.4, -0.2) is 5.24 Å². The van der Waals surface area contributed by atoms with Gasteiger partial charge in [0.1, 0.15) is 0 Å². The number of carbonyl (C=O) groups is 1. The minimum atomic E-state index is -4.53. The van der Waals surface area contributed by atoms with Crippen LogP contribution < -0.4 is 0 Å². The molecule has 0 atom stereocenters. The van der Waals surface area contributed by atoms with Gasteiger partial charge in [0.2, 0.25) is 0 Å². The van der Waals surface area contributed by atoms with E-state index in [-0.39, 0.29) is 14.5 Å². The molecule has 0 saturated heterocycles. The summed E-state index contributed by atoms with van der Waals surface area (Å²) in [6, 6.07) is 1.99. The molecule has 1 nitrogen and oxygen atoms in total. The summed E-state index contributed by atoms with van der Waals surface area (Å²) >= 11 is 10.8. The predicted octanol–water partition coefficient (Wildman–Crippen LogP) is 4.61. The normalized spacial score (nSPS) is 11.6. The van der Waals surface area contributed by atoms with Crippen molar-refractivity contribution < 1.29 is 18.0 Å². The van der Waals surface area contributed by atoms with Crippen LogP contribution in [0.3, 0.4) is 0 Å². The van der Waals surface area contributed by atoms with Gasteiger partial charge in [-0.3, -0.25) is 4.79 Å². The molecule has 1 aromatic rings. The van der Waals surface area contributed by atoms with Gasteiger partial charge in [0.15, 0.2) is 0 Å². The van der Waals surface area contributed by atoms with Gasteiger partial charge in [-0.2, -0.15) is 13.2 Å². The van der Waals surface area contributed by atoms with E-state index >= 15 is 0 Å². The van der Waals surface area contributed by atoms with E-state index in [1.807, 2.05) is 0 Å². The maximum atomic E-state index is 12.4. The van der Waals surface area contributed by atoms with Gasteiger partial charge in [-0.15, -0.1) is 0 Å². The summed E-state index contributed by atoms with van der Waals surface area (Å²) < 4.78 is 37.1. The fourth-order valence-electron chi connectivity index (χ4n) is 0.952. The highest BCUT2D eigenvalue weighted by atomic mass is 79.9. The Kier molecular flexibility index (Phi) is 3.84. The highest BCUT2D eigenvalue weighted by Crippen LogP contribution is 2.39. The maximum Gasteiger partial charge on any atom is 0.417 e. The first kappa shape index (κ1) is 13.0. The van der Waals surface area contributed by atoms with E-state index in [2.05, 4.69) is 31.9 Å². The Labute approximate surface area is 105 Å². The molecule has 0 aliphatic heterocycles. The van der Waals surface area contributed by atoms with Crippen molar-refractivity contribution in [3.8, 4) is 0 Å². The van der Waals surface area contributed by atoms with Crippen LogP contribution in [0.4, 0.5) is 13.2 Å². The smallest absolute Gasteiger partial charge is 0.276 e. The Bertz CT molecular complexity index is 417. The zero-order chi connectivity index (χ0) is 11.8. The van der Waals surface area contributed by atoms with Crippen LogP contribution in [0, 0.1) is 0 Å². The van der Waals surface area contributed by atoms with Crippen LogP contribution >= 0.6 is 43.5 Å². The Balaban J connectivity index is 3.49. The summed E-state index contributed by atoms with van der Waals surface area (Å²) in [7, 11) is 0. The maximum absolute atomic E-state index is 12.4. The molecule has 0 unspecified atom stereocenters. The molecule has 1 aromatic carbocycles. The van der Waals surface area contributed by atoms with Gasteiger partial charge in [0.25, 0.3) is 5.24 Å². The van der Waals surface area contributed by atoms with E-state index < -0.39 is 17.0 Å². The molecular weight excluding hydrogens is 364 g/mol. The number of carbonyl (C=O) groups excluding carboxylic acids is 1. The first-order chi connectivity index (χ1) is 6.75. The molecule has 0 heterocycles. The minimum Gasteiger partial charge on any atom is -0.276 e. The average Bonchev–Trinajstić information content (AvgIpc) is 2.00. The molecule has 0 aliphatic carbocycles. The minimum absolute atomic E-state index is 0.211. The van der Waals surface area contributed by atoms with Crippen molar-refractivity contribution in [1.29, 1.82) is 0 Å². The van der Waals surface area contributed by atoms with Crippen LogP contribution in [0.25, 0.3) is 0 Å². The highest BCUT2D eigenvalue weighted by molar-refractivity contribution is 9.11. The Morgan fingerprint density at radius 2 is 1.80 bits per heavy atom. The lowest BCUT2D eigenvalue weighted by Crippen LogP contribution is -2.08. The fourth-order valence-corrected chi connectivity index (χ4v) is 2.90. The highest BCUT2D eigenvalue weighted by Gasteiger charge is 2.35. The second-order valence-electron chi connectivity index (χ2n) is 2.56. The lowest BCUT2D eigenvalue weighted by molar-refractivity contribution is -0.138. The van der Waals surface area contributed by atoms with Crippen LogP contribution in [0.5, 0.6) is 0 Å². The first-order valence-electron chi connectivity index (χ1n) is 3.50. The summed E-state index contributed by atoms with van der Waals surface area (Å²) in [4.78, 5) is 10.9. The van der Waals surface area contributed by atoms with E-state index in [4.69, 9.17) is 11.6 Å². The van der Waals surface area contributed by atoms with E-state index in [1.54, 1.807) is 0 Å². The summed E-state index contributed by atoms with van der Waals surface area (Å²) in [5.74, 6) is 0. The summed E-state index contributed by atoms with van der Waals surface area (Å²) in [5, 5.41) is -0.958. The molecular formula is C8H2Br2ClF3O. The second kappa shape index (κ2) is 4.43. The van der Waals surface area contributed by atoms with Crippen molar-refractivity contribution in [3.63, 3.8) is 0 Å². The molecule has 0 radical (unpaired) electrons. The van der Waals surface area contributed by atoms with E-state index in [1.165, 1.54) is 0 Å². The van der Waals surface area contributed by atoms with Crippen molar-refractivity contribution in [2.24, 2.45) is 0 Å². The zero-order valence-electron chi connectivity index (χ0n) is 6.83. The standard InChI is InChI=1S/C8H2Br2ClF3O/c9-4-2-1-3(8(12,13)14)6(10)5(4)7(11)15/h1-2H. The van der Waals surface area contributed by atoms with E-state index in [0.717, 1.165) is 12.1 Å². The monoisotopic (exact) mass is 364 g/mol. The van der Waals surface area contributed by atoms with Crippen LogP contribution in [0.15, 0.2) is 21.1 Å². The molecule has 0 aromatic heterocycles. The van der Waals surface area contributed by atoms with Crippen LogP contribution in [0.2, 0.25) is 0 Å². The predicted molar refractivity (Wildman–Crippen MR) is 57.0 cm³/mol. The van der Waals surface area contributed by atoms with Gasteiger partial charge >= 0.3 is 6.18 Å².